The molecule has 0 radical (unpaired) electrons. The van der Waals surface area contributed by atoms with E-state index >= 15 is 0 Å². The summed E-state index contributed by atoms with van der Waals surface area (Å²) in [6, 6.07) is 2.82. The molecule has 20 heavy (non-hydrogen) atoms. The number of amides is 1. The Bertz CT molecular complexity index is 441. The second-order valence-corrected chi connectivity index (χ2v) is 4.72. The average molecular weight is 287 g/mol. The fraction of sp³-hybridized carbons (Fsp3) is 0.538. The summed E-state index contributed by atoms with van der Waals surface area (Å²) in [5, 5.41) is 2.81. The number of nitrogens with zero attached hydrogens (tertiary/aromatic N) is 2. The monoisotopic (exact) mass is 287 g/mol. The van der Waals surface area contributed by atoms with Crippen molar-refractivity contribution in [2.24, 2.45) is 0 Å². The van der Waals surface area contributed by atoms with E-state index in [0.717, 1.165) is 0 Å². The van der Waals surface area contributed by atoms with Crippen molar-refractivity contribution < 1.29 is 18.3 Å². The summed E-state index contributed by atoms with van der Waals surface area (Å²) < 4.78 is 28.9. The Morgan fingerprint density at radius 1 is 1.50 bits per heavy atom. The number of carbonyl (C=O) groups is 1. The van der Waals surface area contributed by atoms with Gasteiger partial charge in [-0.3, -0.25) is 4.79 Å². The summed E-state index contributed by atoms with van der Waals surface area (Å²) in [5.74, 6) is -0.276. The van der Waals surface area contributed by atoms with Gasteiger partial charge in [-0.1, -0.05) is 0 Å². The smallest absolute Gasteiger partial charge is 0.272 e. The first-order chi connectivity index (χ1) is 9.38. The van der Waals surface area contributed by atoms with Gasteiger partial charge < -0.3 is 15.0 Å². The zero-order valence-electron chi connectivity index (χ0n) is 11.8. The highest BCUT2D eigenvalue weighted by Gasteiger charge is 2.12. The van der Waals surface area contributed by atoms with Crippen LogP contribution in [0.2, 0.25) is 0 Å². The van der Waals surface area contributed by atoms with Gasteiger partial charge in [-0.15, -0.1) is 0 Å². The van der Waals surface area contributed by atoms with Gasteiger partial charge in [-0.25, -0.2) is 13.8 Å². The Balaban J connectivity index is 2.61. The summed E-state index contributed by atoms with van der Waals surface area (Å²) in [7, 11) is 3.82. The Labute approximate surface area is 116 Å². The molecule has 1 atom stereocenters. The van der Waals surface area contributed by atoms with E-state index in [4.69, 9.17) is 4.74 Å². The maximum absolute atomic E-state index is 12.0. The van der Waals surface area contributed by atoms with Crippen LogP contribution in [-0.4, -0.2) is 55.5 Å². The fourth-order valence-electron chi connectivity index (χ4n) is 1.68. The maximum atomic E-state index is 12.0. The number of hydrogen-bond acceptors (Lipinski definition) is 4. The number of halogens is 2. The average Bonchev–Trinajstić information content (AvgIpc) is 2.35. The van der Waals surface area contributed by atoms with Crippen LogP contribution in [0.3, 0.4) is 0 Å². The second-order valence-electron chi connectivity index (χ2n) is 4.72. The van der Waals surface area contributed by atoms with E-state index in [0.29, 0.717) is 12.1 Å². The number of ether oxygens (including phenoxy) is 1. The van der Waals surface area contributed by atoms with E-state index in [1.807, 2.05) is 25.9 Å². The Hall–Kier alpha value is -1.76. The van der Waals surface area contributed by atoms with Crippen molar-refractivity contribution in [3.05, 3.63) is 23.9 Å². The predicted octanol–water partition coefficient (Wildman–Crippen LogP) is 1.41. The third kappa shape index (κ3) is 5.92. The first-order valence-corrected chi connectivity index (χ1v) is 6.21. The summed E-state index contributed by atoms with van der Waals surface area (Å²) >= 11 is 0. The molecular formula is C13H19F2N3O2. The number of pyridine rings is 1. The molecule has 1 amide bonds. The number of rotatable bonds is 7. The van der Waals surface area contributed by atoms with Gasteiger partial charge in [0.15, 0.2) is 6.61 Å². The van der Waals surface area contributed by atoms with Crippen LogP contribution in [0.4, 0.5) is 8.78 Å². The molecule has 0 aliphatic rings. The van der Waals surface area contributed by atoms with Gasteiger partial charge in [0.05, 0.1) is 0 Å². The van der Waals surface area contributed by atoms with Crippen LogP contribution in [0, 0.1) is 0 Å². The van der Waals surface area contributed by atoms with E-state index < -0.39 is 13.0 Å². The van der Waals surface area contributed by atoms with E-state index in [2.05, 4.69) is 10.3 Å². The summed E-state index contributed by atoms with van der Waals surface area (Å²) in [4.78, 5) is 17.7. The Kier molecular flexibility index (Phi) is 6.30. The van der Waals surface area contributed by atoms with Crippen LogP contribution in [-0.2, 0) is 0 Å². The van der Waals surface area contributed by atoms with Crippen LogP contribution in [0.5, 0.6) is 5.88 Å². The summed E-state index contributed by atoms with van der Waals surface area (Å²) in [6.45, 7) is 1.84. The van der Waals surface area contributed by atoms with Gasteiger partial charge in [0.25, 0.3) is 12.3 Å². The van der Waals surface area contributed by atoms with Crippen LogP contribution in [0.1, 0.15) is 17.3 Å². The van der Waals surface area contributed by atoms with E-state index in [1.165, 1.54) is 18.3 Å². The Morgan fingerprint density at radius 2 is 2.20 bits per heavy atom. The predicted molar refractivity (Wildman–Crippen MR) is 71.2 cm³/mol. The SMILES string of the molecule is C[C@@H](CN(C)C)NC(=O)c1ccnc(OCC(F)F)c1. The number of likely N-dealkylation sites (N-methyl/N-ethyl adjacent to an activating group) is 1. The number of nitrogens with one attached hydrogen (secondary N) is 1. The van der Waals surface area contributed by atoms with Crippen molar-refractivity contribution in [2.45, 2.75) is 19.4 Å². The van der Waals surface area contributed by atoms with Crippen molar-refractivity contribution in [2.75, 3.05) is 27.2 Å². The van der Waals surface area contributed by atoms with Crippen molar-refractivity contribution in [3.8, 4) is 5.88 Å². The minimum absolute atomic E-state index is 0.0122. The lowest BCUT2D eigenvalue weighted by Crippen LogP contribution is -2.39. The summed E-state index contributed by atoms with van der Waals surface area (Å²) in [6.07, 6.45) is -1.22. The molecule has 1 rings (SSSR count). The van der Waals surface area contributed by atoms with Crippen LogP contribution in [0.25, 0.3) is 0 Å². The minimum atomic E-state index is -2.57. The van der Waals surface area contributed by atoms with Gasteiger partial charge in [0, 0.05) is 30.4 Å². The molecule has 0 aromatic carbocycles. The third-order valence-electron chi connectivity index (χ3n) is 2.37. The first-order valence-electron chi connectivity index (χ1n) is 6.21. The zero-order valence-corrected chi connectivity index (χ0v) is 11.8. The van der Waals surface area contributed by atoms with Gasteiger partial charge >= 0.3 is 0 Å². The van der Waals surface area contributed by atoms with Gasteiger partial charge in [-0.05, 0) is 27.1 Å². The molecule has 112 valence electrons. The molecule has 5 nitrogen and oxygen atoms in total. The van der Waals surface area contributed by atoms with Crippen LogP contribution >= 0.6 is 0 Å². The lowest BCUT2D eigenvalue weighted by Gasteiger charge is -2.18. The van der Waals surface area contributed by atoms with Crippen molar-refractivity contribution >= 4 is 5.91 Å². The molecule has 1 heterocycles. The third-order valence-corrected chi connectivity index (χ3v) is 2.37. The molecule has 0 unspecified atom stereocenters. The zero-order chi connectivity index (χ0) is 15.1. The highest BCUT2D eigenvalue weighted by Crippen LogP contribution is 2.10. The molecule has 0 fully saturated rings. The fourth-order valence-corrected chi connectivity index (χ4v) is 1.68. The van der Waals surface area contributed by atoms with Crippen molar-refractivity contribution in [1.29, 1.82) is 0 Å². The molecule has 0 spiro atoms. The molecule has 0 aliphatic carbocycles. The molecule has 1 aromatic rings. The number of hydrogen-bond donors (Lipinski definition) is 1. The molecule has 0 aliphatic heterocycles. The molecule has 0 bridgehead atoms. The minimum Gasteiger partial charge on any atom is -0.472 e. The van der Waals surface area contributed by atoms with Gasteiger partial charge in [0.2, 0.25) is 5.88 Å². The lowest BCUT2D eigenvalue weighted by atomic mass is 10.2. The largest absolute Gasteiger partial charge is 0.472 e. The van der Waals surface area contributed by atoms with E-state index in [-0.39, 0.29) is 17.8 Å². The maximum Gasteiger partial charge on any atom is 0.272 e. The van der Waals surface area contributed by atoms with Crippen molar-refractivity contribution in [3.63, 3.8) is 0 Å². The van der Waals surface area contributed by atoms with Crippen LogP contribution in [0.15, 0.2) is 18.3 Å². The first kappa shape index (κ1) is 16.3. The Morgan fingerprint density at radius 3 is 2.80 bits per heavy atom. The van der Waals surface area contributed by atoms with Crippen LogP contribution < -0.4 is 10.1 Å². The molecule has 0 saturated heterocycles. The number of alkyl halides is 2. The van der Waals surface area contributed by atoms with Crippen molar-refractivity contribution in [1.82, 2.24) is 15.2 Å². The highest BCUT2D eigenvalue weighted by molar-refractivity contribution is 5.94. The van der Waals surface area contributed by atoms with Gasteiger partial charge in [-0.2, -0.15) is 0 Å². The lowest BCUT2D eigenvalue weighted by molar-refractivity contribution is 0.0794. The molecule has 0 saturated carbocycles. The van der Waals surface area contributed by atoms with E-state index in [9.17, 15) is 13.6 Å². The van der Waals surface area contributed by atoms with E-state index in [1.54, 1.807) is 0 Å². The number of aromatic nitrogens is 1. The number of carbonyl (C=O) groups excluding carboxylic acids is 1. The highest BCUT2D eigenvalue weighted by atomic mass is 19.3. The topological polar surface area (TPSA) is 54.5 Å². The molecule has 7 heteroatoms. The summed E-state index contributed by atoms with van der Waals surface area (Å²) in [5.41, 5.74) is 0.329. The second kappa shape index (κ2) is 7.74. The molecule has 1 N–H and O–H groups in total. The van der Waals surface area contributed by atoms with Gasteiger partial charge in [0.1, 0.15) is 0 Å². The standard InChI is InChI=1S/C13H19F2N3O2/c1-9(7-18(2)3)17-13(19)10-4-5-16-12(6-10)20-8-11(14)15/h4-6,9,11H,7-8H2,1-3H3,(H,17,19)/t9-/m0/s1. The molecular weight excluding hydrogens is 268 g/mol. The normalized spacial score (nSPS) is 12.6. The molecule has 1 aromatic heterocycles. The quantitative estimate of drug-likeness (QED) is 0.824.